The molecule has 0 aliphatic carbocycles. The zero-order valence-electron chi connectivity index (χ0n) is 12.6. The molecule has 2 amide bonds. The Labute approximate surface area is 121 Å². The lowest BCUT2D eigenvalue weighted by Gasteiger charge is -2.20. The van der Waals surface area contributed by atoms with Crippen LogP contribution in [-0.2, 0) is 16.1 Å². The largest absolute Gasteiger partial charge is 0.355 e. The van der Waals surface area contributed by atoms with E-state index < -0.39 is 0 Å². The summed E-state index contributed by atoms with van der Waals surface area (Å²) in [6.07, 6.45) is 0.949. The summed E-state index contributed by atoms with van der Waals surface area (Å²) in [6.45, 7) is 6.96. The molecule has 0 aliphatic rings. The van der Waals surface area contributed by atoms with E-state index >= 15 is 0 Å². The fraction of sp³-hybridized carbons (Fsp3) is 0.500. The van der Waals surface area contributed by atoms with Gasteiger partial charge in [0.15, 0.2) is 0 Å². The Morgan fingerprint density at radius 1 is 1.20 bits per heavy atom. The number of carbonyl (C=O) groups is 2. The fourth-order valence-electron chi connectivity index (χ4n) is 1.81. The molecule has 4 heteroatoms. The second kappa shape index (κ2) is 8.35. The van der Waals surface area contributed by atoms with Gasteiger partial charge in [0.25, 0.3) is 0 Å². The van der Waals surface area contributed by atoms with Crippen LogP contribution in [0.4, 0.5) is 0 Å². The van der Waals surface area contributed by atoms with Crippen LogP contribution in [0, 0.1) is 5.92 Å². The molecule has 0 atom stereocenters. The lowest BCUT2D eigenvalue weighted by Crippen LogP contribution is -2.39. The van der Waals surface area contributed by atoms with Crippen LogP contribution >= 0.6 is 0 Å². The van der Waals surface area contributed by atoms with Gasteiger partial charge in [-0.3, -0.25) is 9.59 Å². The molecule has 0 spiro atoms. The highest BCUT2D eigenvalue weighted by atomic mass is 16.2. The van der Waals surface area contributed by atoms with Gasteiger partial charge in [-0.1, -0.05) is 44.2 Å². The average Bonchev–Trinajstić information content (AvgIpc) is 2.38. The first-order valence-corrected chi connectivity index (χ1v) is 7.05. The molecule has 0 saturated heterocycles. The Bertz CT molecular complexity index is 429. The number of amides is 2. The maximum absolute atomic E-state index is 11.8. The van der Waals surface area contributed by atoms with Crippen molar-refractivity contribution in [3.63, 3.8) is 0 Å². The van der Waals surface area contributed by atoms with Crippen molar-refractivity contribution in [2.45, 2.75) is 33.7 Å². The van der Waals surface area contributed by atoms with E-state index in [1.54, 1.807) is 4.90 Å². The van der Waals surface area contributed by atoms with Gasteiger partial charge < -0.3 is 10.2 Å². The Hall–Kier alpha value is -1.84. The summed E-state index contributed by atoms with van der Waals surface area (Å²) in [5.41, 5.74) is 1.03. The smallest absolute Gasteiger partial charge is 0.239 e. The topological polar surface area (TPSA) is 49.4 Å². The van der Waals surface area contributed by atoms with Crippen molar-refractivity contribution in [2.24, 2.45) is 5.92 Å². The number of hydrogen-bond donors (Lipinski definition) is 1. The molecule has 0 radical (unpaired) electrons. The van der Waals surface area contributed by atoms with Crippen LogP contribution in [0.1, 0.15) is 32.8 Å². The van der Waals surface area contributed by atoms with Crippen LogP contribution in [-0.4, -0.2) is 29.8 Å². The predicted molar refractivity (Wildman–Crippen MR) is 80.0 cm³/mol. The molecular weight excluding hydrogens is 252 g/mol. The minimum Gasteiger partial charge on any atom is -0.355 e. The molecule has 4 nitrogen and oxygen atoms in total. The van der Waals surface area contributed by atoms with Crippen molar-refractivity contribution < 1.29 is 9.59 Å². The van der Waals surface area contributed by atoms with Crippen molar-refractivity contribution in [2.75, 3.05) is 13.1 Å². The molecule has 0 aromatic heterocycles. The number of benzene rings is 1. The van der Waals surface area contributed by atoms with Crippen molar-refractivity contribution >= 4 is 11.8 Å². The summed E-state index contributed by atoms with van der Waals surface area (Å²) in [5, 5.41) is 2.85. The van der Waals surface area contributed by atoms with Gasteiger partial charge in [0.1, 0.15) is 0 Å². The Kier molecular flexibility index (Phi) is 6.77. The first-order valence-electron chi connectivity index (χ1n) is 7.05. The monoisotopic (exact) mass is 276 g/mol. The maximum Gasteiger partial charge on any atom is 0.239 e. The Morgan fingerprint density at radius 3 is 2.40 bits per heavy atom. The minimum absolute atomic E-state index is 0.0899. The first-order chi connectivity index (χ1) is 9.49. The van der Waals surface area contributed by atoms with E-state index in [4.69, 9.17) is 0 Å². The molecule has 1 aromatic rings. The molecular formula is C16H24N2O2. The number of rotatable bonds is 7. The van der Waals surface area contributed by atoms with Crippen molar-refractivity contribution in [1.82, 2.24) is 10.2 Å². The number of nitrogens with zero attached hydrogens (tertiary/aromatic N) is 1. The van der Waals surface area contributed by atoms with Gasteiger partial charge in [0, 0.05) is 20.0 Å². The second-order valence-corrected chi connectivity index (χ2v) is 5.39. The molecule has 20 heavy (non-hydrogen) atoms. The molecule has 0 heterocycles. The summed E-state index contributed by atoms with van der Waals surface area (Å²) >= 11 is 0. The number of nitrogens with one attached hydrogen (secondary N) is 1. The molecule has 0 unspecified atom stereocenters. The van der Waals surface area contributed by atoms with Gasteiger partial charge in [0.05, 0.1) is 6.54 Å². The van der Waals surface area contributed by atoms with E-state index in [2.05, 4.69) is 19.2 Å². The average molecular weight is 276 g/mol. The van der Waals surface area contributed by atoms with Gasteiger partial charge in [-0.15, -0.1) is 0 Å². The van der Waals surface area contributed by atoms with E-state index in [1.165, 1.54) is 6.92 Å². The van der Waals surface area contributed by atoms with Crippen LogP contribution < -0.4 is 5.32 Å². The SMILES string of the molecule is CC(=O)N(CC(=O)NCCC(C)C)Cc1ccccc1. The van der Waals surface area contributed by atoms with Crippen LogP contribution in [0.5, 0.6) is 0 Å². The van der Waals surface area contributed by atoms with E-state index in [-0.39, 0.29) is 18.4 Å². The van der Waals surface area contributed by atoms with Crippen LogP contribution in [0.15, 0.2) is 30.3 Å². The number of carbonyl (C=O) groups excluding carboxylic acids is 2. The van der Waals surface area contributed by atoms with Gasteiger partial charge >= 0.3 is 0 Å². The molecule has 1 N–H and O–H groups in total. The van der Waals surface area contributed by atoms with Crippen molar-refractivity contribution in [3.8, 4) is 0 Å². The molecule has 1 rings (SSSR count). The lowest BCUT2D eigenvalue weighted by molar-refractivity contribution is -0.134. The lowest BCUT2D eigenvalue weighted by atomic mass is 10.1. The quantitative estimate of drug-likeness (QED) is 0.830. The van der Waals surface area contributed by atoms with Crippen LogP contribution in [0.2, 0.25) is 0 Å². The zero-order chi connectivity index (χ0) is 15.0. The Balaban J connectivity index is 2.47. The molecule has 110 valence electrons. The van der Waals surface area contributed by atoms with E-state index in [9.17, 15) is 9.59 Å². The zero-order valence-corrected chi connectivity index (χ0v) is 12.6. The van der Waals surface area contributed by atoms with Gasteiger partial charge in [-0.05, 0) is 17.9 Å². The third-order valence-electron chi connectivity index (χ3n) is 3.04. The van der Waals surface area contributed by atoms with Crippen LogP contribution in [0.25, 0.3) is 0 Å². The fourth-order valence-corrected chi connectivity index (χ4v) is 1.81. The van der Waals surface area contributed by atoms with Crippen LogP contribution in [0.3, 0.4) is 0 Å². The highest BCUT2D eigenvalue weighted by Gasteiger charge is 2.13. The highest BCUT2D eigenvalue weighted by molar-refractivity contribution is 5.83. The molecule has 0 aliphatic heterocycles. The third kappa shape index (κ3) is 6.36. The Morgan fingerprint density at radius 2 is 1.85 bits per heavy atom. The molecule has 0 saturated carbocycles. The highest BCUT2D eigenvalue weighted by Crippen LogP contribution is 2.04. The summed E-state index contributed by atoms with van der Waals surface area (Å²) in [7, 11) is 0. The van der Waals surface area contributed by atoms with Gasteiger partial charge in [-0.25, -0.2) is 0 Å². The summed E-state index contributed by atoms with van der Waals surface area (Å²) in [5.74, 6) is 0.369. The van der Waals surface area contributed by atoms with Crippen molar-refractivity contribution in [3.05, 3.63) is 35.9 Å². The minimum atomic E-state index is -0.100. The van der Waals surface area contributed by atoms with E-state index in [1.807, 2.05) is 30.3 Å². The molecule has 0 bridgehead atoms. The van der Waals surface area contributed by atoms with E-state index in [0.29, 0.717) is 19.0 Å². The second-order valence-electron chi connectivity index (χ2n) is 5.39. The third-order valence-corrected chi connectivity index (χ3v) is 3.04. The molecule has 0 fully saturated rings. The summed E-state index contributed by atoms with van der Waals surface area (Å²) in [4.78, 5) is 25.0. The maximum atomic E-state index is 11.8. The predicted octanol–water partition coefficient (Wildman–Crippen LogP) is 2.20. The summed E-state index contributed by atoms with van der Waals surface area (Å²) < 4.78 is 0. The van der Waals surface area contributed by atoms with E-state index in [0.717, 1.165) is 12.0 Å². The number of hydrogen-bond acceptors (Lipinski definition) is 2. The summed E-state index contributed by atoms with van der Waals surface area (Å²) in [6, 6.07) is 9.69. The van der Waals surface area contributed by atoms with Gasteiger partial charge in [0.2, 0.25) is 11.8 Å². The van der Waals surface area contributed by atoms with Crippen molar-refractivity contribution in [1.29, 1.82) is 0 Å². The normalized spacial score (nSPS) is 10.4. The standard InChI is InChI=1S/C16H24N2O2/c1-13(2)9-10-17-16(20)12-18(14(3)19)11-15-7-5-4-6-8-15/h4-8,13H,9-12H2,1-3H3,(H,17,20). The first kappa shape index (κ1) is 16.2. The molecule has 1 aromatic carbocycles. The van der Waals surface area contributed by atoms with Gasteiger partial charge in [-0.2, -0.15) is 0 Å².